The van der Waals surface area contributed by atoms with Crippen molar-refractivity contribution in [2.45, 2.75) is 22.6 Å². The van der Waals surface area contributed by atoms with Crippen LogP contribution in [0.2, 0.25) is 0 Å². The first-order valence-electron chi connectivity index (χ1n) is 11.0. The summed E-state index contributed by atoms with van der Waals surface area (Å²) >= 11 is 2.92. The standard InChI is InChI=1S/C24H20N2O5S2/c1-30-11-6-4-10(5-7-11)26-22(27)16-12-9-13(17(16)23(26)28)19-15(12)18(14-3-2-8-31-14)20-21(32-19)25-24(29)33-20/h2-8,12-13,15-19H,9H2,1H3,(H,25,29)/t12-,13-,15?,16?,17?,18?,19?/m1/s1. The summed E-state index contributed by atoms with van der Waals surface area (Å²) in [6.45, 7) is 0. The molecule has 2 aliphatic heterocycles. The lowest BCUT2D eigenvalue weighted by Gasteiger charge is -2.42. The van der Waals surface area contributed by atoms with Crippen LogP contribution in [0.25, 0.3) is 0 Å². The Kier molecular flexibility index (Phi) is 4.09. The minimum atomic E-state index is -0.318. The molecular formula is C24H20N2O5S2. The number of anilines is 1. The molecule has 2 amide bonds. The highest BCUT2D eigenvalue weighted by Gasteiger charge is 2.70. The second kappa shape index (κ2) is 6.87. The number of furan rings is 1. The number of benzene rings is 1. The Bertz CT molecular complexity index is 1330. The van der Waals surface area contributed by atoms with Gasteiger partial charge in [0.2, 0.25) is 11.8 Å². The predicted octanol–water partition coefficient (Wildman–Crippen LogP) is 3.72. The number of aromatic amines is 1. The van der Waals surface area contributed by atoms with Gasteiger partial charge >= 0.3 is 4.87 Å². The molecule has 9 heteroatoms. The van der Waals surface area contributed by atoms with E-state index in [9.17, 15) is 14.4 Å². The summed E-state index contributed by atoms with van der Waals surface area (Å²) in [5.41, 5.74) is 0.598. The molecule has 5 unspecified atom stereocenters. The van der Waals surface area contributed by atoms with Crippen molar-refractivity contribution in [3.8, 4) is 5.75 Å². The van der Waals surface area contributed by atoms with Crippen LogP contribution in [-0.2, 0) is 9.59 Å². The van der Waals surface area contributed by atoms with E-state index in [0.29, 0.717) is 11.4 Å². The van der Waals surface area contributed by atoms with Gasteiger partial charge in [-0.1, -0.05) is 11.3 Å². The maximum absolute atomic E-state index is 13.6. The van der Waals surface area contributed by atoms with Crippen LogP contribution in [0, 0.1) is 29.6 Å². The third-order valence-electron chi connectivity index (χ3n) is 7.90. The first-order valence-corrected chi connectivity index (χ1v) is 12.7. The van der Waals surface area contributed by atoms with Gasteiger partial charge in [0.15, 0.2) is 0 Å². The molecule has 4 aliphatic rings. The van der Waals surface area contributed by atoms with Crippen molar-refractivity contribution in [3.63, 3.8) is 0 Å². The number of aromatic nitrogens is 1. The number of hydrogen-bond acceptors (Lipinski definition) is 7. The second-order valence-electron chi connectivity index (χ2n) is 9.19. The monoisotopic (exact) mass is 480 g/mol. The zero-order chi connectivity index (χ0) is 22.4. The smallest absolute Gasteiger partial charge is 0.305 e. The molecule has 2 saturated carbocycles. The van der Waals surface area contributed by atoms with Crippen LogP contribution in [0.1, 0.15) is 23.0 Å². The number of rotatable bonds is 3. The van der Waals surface area contributed by atoms with E-state index >= 15 is 0 Å². The molecule has 1 N–H and O–H groups in total. The quantitative estimate of drug-likeness (QED) is 0.575. The molecule has 7 nitrogen and oxygen atoms in total. The number of methoxy groups -OCH3 is 1. The van der Waals surface area contributed by atoms with Gasteiger partial charge in [0, 0.05) is 5.25 Å². The SMILES string of the molecule is COc1ccc(N2C(=O)C3C(C2=O)[C@@H]2C[C@H]3C3Sc4[nH]c(=O)sc4C(c4ccco4)C32)cc1. The van der Waals surface area contributed by atoms with E-state index in [1.165, 1.54) is 16.2 Å². The summed E-state index contributed by atoms with van der Waals surface area (Å²) in [6.07, 6.45) is 2.52. The minimum absolute atomic E-state index is 0.0703. The number of ether oxygens (including phenoxy) is 1. The van der Waals surface area contributed by atoms with E-state index in [2.05, 4.69) is 4.98 Å². The molecule has 7 atom stereocenters. The van der Waals surface area contributed by atoms with Crippen LogP contribution in [0.15, 0.2) is 56.9 Å². The van der Waals surface area contributed by atoms with Gasteiger partial charge in [-0.05, 0) is 60.6 Å². The Morgan fingerprint density at radius 3 is 2.52 bits per heavy atom. The lowest BCUT2D eigenvalue weighted by atomic mass is 9.69. The molecule has 0 spiro atoms. The third kappa shape index (κ3) is 2.55. The number of amides is 2. The van der Waals surface area contributed by atoms with E-state index in [1.807, 2.05) is 12.1 Å². The number of carbonyl (C=O) groups excluding carboxylic acids is 2. The molecule has 2 aromatic heterocycles. The summed E-state index contributed by atoms with van der Waals surface area (Å²) < 4.78 is 11.1. The average molecular weight is 481 g/mol. The van der Waals surface area contributed by atoms with E-state index in [-0.39, 0.29) is 57.4 Å². The number of imide groups is 1. The minimum Gasteiger partial charge on any atom is -0.497 e. The van der Waals surface area contributed by atoms with Crippen molar-refractivity contribution >= 4 is 40.6 Å². The molecule has 2 bridgehead atoms. The highest BCUT2D eigenvalue weighted by molar-refractivity contribution is 8.00. The topological polar surface area (TPSA) is 92.6 Å². The average Bonchev–Trinajstić information content (AvgIpc) is 3.61. The van der Waals surface area contributed by atoms with Gasteiger partial charge in [0.1, 0.15) is 11.5 Å². The molecule has 1 aromatic carbocycles. The van der Waals surface area contributed by atoms with E-state index in [4.69, 9.17) is 9.15 Å². The van der Waals surface area contributed by atoms with Gasteiger partial charge in [-0.2, -0.15) is 0 Å². The Morgan fingerprint density at radius 2 is 1.82 bits per heavy atom. The van der Waals surface area contributed by atoms with Gasteiger partial charge in [-0.3, -0.25) is 19.3 Å². The van der Waals surface area contributed by atoms with Gasteiger partial charge in [-0.25, -0.2) is 0 Å². The number of H-pyrrole nitrogens is 1. The van der Waals surface area contributed by atoms with Crippen molar-refractivity contribution in [2.75, 3.05) is 12.0 Å². The van der Waals surface area contributed by atoms with Crippen LogP contribution in [-0.4, -0.2) is 29.2 Å². The number of fused-ring (bicyclic) bond motifs is 9. The van der Waals surface area contributed by atoms with Crippen LogP contribution < -0.4 is 14.5 Å². The fourth-order valence-corrected chi connectivity index (χ4v) is 9.66. The number of hydrogen-bond donors (Lipinski definition) is 1. The number of carbonyl (C=O) groups is 2. The van der Waals surface area contributed by atoms with Crippen LogP contribution in [0.3, 0.4) is 0 Å². The van der Waals surface area contributed by atoms with Crippen LogP contribution in [0.4, 0.5) is 5.69 Å². The lowest BCUT2D eigenvalue weighted by molar-refractivity contribution is -0.123. The van der Waals surface area contributed by atoms with Crippen LogP contribution in [0.5, 0.6) is 5.75 Å². The van der Waals surface area contributed by atoms with Crippen LogP contribution >= 0.6 is 23.1 Å². The molecule has 3 aromatic rings. The largest absolute Gasteiger partial charge is 0.497 e. The summed E-state index contributed by atoms with van der Waals surface area (Å²) in [5, 5.41) is 1.05. The number of thiazole rings is 1. The third-order valence-corrected chi connectivity index (χ3v) is 10.5. The summed E-state index contributed by atoms with van der Waals surface area (Å²) in [4.78, 5) is 44.7. The number of nitrogens with zero attached hydrogens (tertiary/aromatic N) is 1. The maximum Gasteiger partial charge on any atom is 0.305 e. The maximum atomic E-state index is 13.6. The first-order chi connectivity index (χ1) is 16.1. The Labute approximate surface area is 197 Å². The van der Waals surface area contributed by atoms with Crippen molar-refractivity contribution in [1.29, 1.82) is 0 Å². The Hall–Kier alpha value is -2.78. The van der Waals surface area contributed by atoms with Crippen molar-refractivity contribution < 1.29 is 18.7 Å². The predicted molar refractivity (Wildman–Crippen MR) is 123 cm³/mol. The second-order valence-corrected chi connectivity index (χ2v) is 11.4. The Morgan fingerprint density at radius 1 is 1.06 bits per heavy atom. The van der Waals surface area contributed by atoms with Crippen molar-refractivity contribution in [1.82, 2.24) is 4.98 Å². The van der Waals surface area contributed by atoms with Crippen molar-refractivity contribution in [2.24, 2.45) is 29.6 Å². The molecule has 2 aliphatic carbocycles. The molecule has 168 valence electrons. The highest BCUT2D eigenvalue weighted by Crippen LogP contribution is 2.68. The Balaban J connectivity index is 1.30. The van der Waals surface area contributed by atoms with E-state index < -0.39 is 0 Å². The summed E-state index contributed by atoms with van der Waals surface area (Å²) in [6, 6.07) is 10.9. The highest BCUT2D eigenvalue weighted by atomic mass is 32.2. The van der Waals surface area contributed by atoms with Gasteiger partial charge in [-0.15, -0.1) is 11.8 Å². The first kappa shape index (κ1) is 19.7. The van der Waals surface area contributed by atoms with Gasteiger partial charge < -0.3 is 14.1 Å². The molecule has 4 heterocycles. The molecule has 3 fully saturated rings. The lowest BCUT2D eigenvalue weighted by Crippen LogP contribution is -2.42. The fraction of sp³-hybridized carbons (Fsp3) is 0.375. The zero-order valence-corrected chi connectivity index (χ0v) is 19.2. The molecule has 7 rings (SSSR count). The fourth-order valence-electron chi connectivity index (χ4n) is 6.79. The molecule has 33 heavy (non-hydrogen) atoms. The van der Waals surface area contributed by atoms with E-state index in [1.54, 1.807) is 49.4 Å². The van der Waals surface area contributed by atoms with Crippen molar-refractivity contribution in [3.05, 3.63) is 63.0 Å². The van der Waals surface area contributed by atoms with Gasteiger partial charge in [0.25, 0.3) is 0 Å². The molecule has 0 radical (unpaired) electrons. The normalized spacial score (nSPS) is 33.8. The summed E-state index contributed by atoms with van der Waals surface area (Å²) in [7, 11) is 1.59. The summed E-state index contributed by atoms with van der Waals surface area (Å²) in [5.74, 6) is 0.956. The van der Waals surface area contributed by atoms with E-state index in [0.717, 1.165) is 22.1 Å². The molecular weight excluding hydrogens is 460 g/mol. The number of thioether (sulfide) groups is 1. The zero-order valence-electron chi connectivity index (χ0n) is 17.6. The molecule has 1 saturated heterocycles. The number of nitrogens with one attached hydrogen (secondary N) is 1. The van der Waals surface area contributed by atoms with Gasteiger partial charge in [0.05, 0.1) is 46.7 Å².